The van der Waals surface area contributed by atoms with Crippen molar-refractivity contribution >= 4 is 46.0 Å². The second kappa shape index (κ2) is 16.4. The summed E-state index contributed by atoms with van der Waals surface area (Å²) in [6, 6.07) is 0. The van der Waals surface area contributed by atoms with Crippen LogP contribution < -0.4 is 0 Å². The molecule has 0 saturated carbocycles. The summed E-state index contributed by atoms with van der Waals surface area (Å²) < 4.78 is 24.0. The first kappa shape index (κ1) is 26.5. The molecule has 25 heavy (non-hydrogen) atoms. The van der Waals surface area contributed by atoms with Gasteiger partial charge in [0, 0.05) is 11.0 Å². The molecule has 0 bridgehead atoms. The van der Waals surface area contributed by atoms with Gasteiger partial charge in [-0.05, 0) is 49.3 Å². The van der Waals surface area contributed by atoms with Crippen LogP contribution >= 0.6 is 22.4 Å². The Morgan fingerprint density at radius 1 is 0.560 bits per heavy atom. The Morgan fingerprint density at radius 3 is 1.00 bits per heavy atom. The topological polar surface area (TPSA) is 36.9 Å². The normalized spacial score (nSPS) is 12.6. The second-order valence-corrected chi connectivity index (χ2v) is 17.8. The molecule has 9 heteroatoms. The van der Waals surface area contributed by atoms with Gasteiger partial charge in [-0.1, -0.05) is 53.4 Å². The molecule has 0 saturated heterocycles. The summed E-state index contributed by atoms with van der Waals surface area (Å²) in [5, 5.41) is 0. The van der Waals surface area contributed by atoms with Crippen molar-refractivity contribution in [1.29, 1.82) is 0 Å². The van der Waals surface area contributed by atoms with Crippen LogP contribution in [0.2, 0.25) is 0 Å². The average molecular weight is 451 g/mol. The van der Waals surface area contributed by atoms with Gasteiger partial charge in [0.15, 0.2) is 0 Å². The molecular formula is C16H36O4P2S3. The number of hydrogen-bond acceptors (Lipinski definition) is 7. The Kier molecular flexibility index (Phi) is 17.4. The third kappa shape index (κ3) is 14.2. The van der Waals surface area contributed by atoms with E-state index in [0.717, 1.165) is 51.4 Å². The first-order valence-electron chi connectivity index (χ1n) is 9.44. The highest BCUT2D eigenvalue weighted by atomic mass is 33.2. The molecule has 0 aromatic carbocycles. The average Bonchev–Trinajstić information content (AvgIpc) is 2.56. The lowest BCUT2D eigenvalue weighted by atomic mass is 10.4. The summed E-state index contributed by atoms with van der Waals surface area (Å²) >= 11 is 12.9. The molecule has 0 unspecified atom stereocenters. The molecule has 0 aliphatic rings. The Bertz CT molecular complexity index is 347. The third-order valence-corrected chi connectivity index (χ3v) is 16.5. The standard InChI is InChI=1S/C16H36O4P2S3/c1-5-9-13-17-21(23,18-14-10-6-2)25-22(24,19-15-11-7-3)20-16-12-8-4/h5-16H2,1-4H3. The predicted molar refractivity (Wildman–Crippen MR) is 120 cm³/mol. The van der Waals surface area contributed by atoms with E-state index in [4.69, 9.17) is 41.7 Å². The highest BCUT2D eigenvalue weighted by Crippen LogP contribution is 2.79. The van der Waals surface area contributed by atoms with Crippen molar-refractivity contribution in [2.45, 2.75) is 79.1 Å². The Labute approximate surface area is 169 Å². The van der Waals surface area contributed by atoms with Crippen molar-refractivity contribution in [3.05, 3.63) is 0 Å². The van der Waals surface area contributed by atoms with Crippen molar-refractivity contribution in [3.63, 3.8) is 0 Å². The van der Waals surface area contributed by atoms with Crippen molar-refractivity contribution < 1.29 is 18.1 Å². The van der Waals surface area contributed by atoms with Gasteiger partial charge in [0.1, 0.15) is 0 Å². The lowest BCUT2D eigenvalue weighted by Gasteiger charge is -2.28. The van der Waals surface area contributed by atoms with Crippen LogP contribution in [0.15, 0.2) is 0 Å². The molecule has 0 radical (unpaired) electrons. The number of unbranched alkanes of at least 4 members (excludes halogenated alkanes) is 4. The molecule has 4 nitrogen and oxygen atoms in total. The van der Waals surface area contributed by atoms with E-state index in [1.54, 1.807) is 0 Å². The minimum absolute atomic E-state index is 0.603. The molecule has 0 aromatic heterocycles. The largest absolute Gasteiger partial charge is 0.321 e. The summed E-state index contributed by atoms with van der Waals surface area (Å²) in [5.74, 6) is 0. The quantitative estimate of drug-likeness (QED) is 0.159. The SMILES string of the molecule is CCCCOP(=S)(OCCCC)SP(=S)(OCCCC)OCCCC. The highest BCUT2D eigenvalue weighted by Gasteiger charge is 2.33. The fourth-order valence-electron chi connectivity index (χ4n) is 1.57. The van der Waals surface area contributed by atoms with Gasteiger partial charge in [-0.2, -0.15) is 0 Å². The van der Waals surface area contributed by atoms with Gasteiger partial charge in [0.2, 0.25) is 0 Å². The second-order valence-electron chi connectivity index (χ2n) is 5.72. The number of hydrogen-bond donors (Lipinski definition) is 0. The van der Waals surface area contributed by atoms with E-state index in [9.17, 15) is 0 Å². The van der Waals surface area contributed by atoms with E-state index < -0.39 is 11.4 Å². The van der Waals surface area contributed by atoms with E-state index >= 15 is 0 Å². The van der Waals surface area contributed by atoms with Gasteiger partial charge in [0.05, 0.1) is 26.4 Å². The van der Waals surface area contributed by atoms with Crippen molar-refractivity contribution in [2.75, 3.05) is 26.4 Å². The molecule has 0 amide bonds. The minimum atomic E-state index is -2.55. The fourth-order valence-corrected chi connectivity index (χ4v) is 16.4. The van der Waals surface area contributed by atoms with Crippen LogP contribution in [0.5, 0.6) is 0 Å². The van der Waals surface area contributed by atoms with Gasteiger partial charge in [-0.15, -0.1) is 0 Å². The van der Waals surface area contributed by atoms with Crippen LogP contribution in [0.25, 0.3) is 0 Å². The van der Waals surface area contributed by atoms with E-state index in [1.165, 1.54) is 11.0 Å². The molecule has 0 spiro atoms. The molecule has 0 heterocycles. The molecule has 0 aliphatic heterocycles. The van der Waals surface area contributed by atoms with Crippen LogP contribution in [0.4, 0.5) is 0 Å². The highest BCUT2D eigenvalue weighted by molar-refractivity contribution is 8.96. The molecular weight excluding hydrogens is 414 g/mol. The summed E-state index contributed by atoms with van der Waals surface area (Å²) in [5.41, 5.74) is -5.10. The van der Waals surface area contributed by atoms with Crippen molar-refractivity contribution in [3.8, 4) is 0 Å². The van der Waals surface area contributed by atoms with E-state index in [0.29, 0.717) is 26.4 Å². The maximum absolute atomic E-state index is 5.99. The van der Waals surface area contributed by atoms with Gasteiger partial charge in [-0.25, -0.2) is 0 Å². The van der Waals surface area contributed by atoms with Gasteiger partial charge >= 0.3 is 0 Å². The van der Waals surface area contributed by atoms with Gasteiger partial charge < -0.3 is 18.1 Å². The molecule has 0 aromatic rings. The molecule has 0 fully saturated rings. The summed E-state index contributed by atoms with van der Waals surface area (Å²) in [7, 11) is 0. The van der Waals surface area contributed by atoms with Gasteiger partial charge in [-0.3, -0.25) is 0 Å². The molecule has 0 rings (SSSR count). The van der Waals surface area contributed by atoms with Crippen LogP contribution in [-0.4, -0.2) is 26.4 Å². The van der Waals surface area contributed by atoms with Crippen LogP contribution in [0.1, 0.15) is 79.1 Å². The van der Waals surface area contributed by atoms with Crippen LogP contribution in [0.3, 0.4) is 0 Å². The maximum atomic E-state index is 5.99. The van der Waals surface area contributed by atoms with Crippen molar-refractivity contribution in [2.24, 2.45) is 0 Å². The zero-order valence-electron chi connectivity index (χ0n) is 16.2. The van der Waals surface area contributed by atoms with Crippen LogP contribution in [-0.2, 0) is 41.7 Å². The maximum Gasteiger partial charge on any atom is 0.256 e. The molecule has 0 atom stereocenters. The monoisotopic (exact) mass is 450 g/mol. The molecule has 152 valence electrons. The summed E-state index contributed by atoms with van der Waals surface area (Å²) in [4.78, 5) is 0. The van der Waals surface area contributed by atoms with E-state index in [-0.39, 0.29) is 0 Å². The van der Waals surface area contributed by atoms with Crippen molar-refractivity contribution in [1.82, 2.24) is 0 Å². The summed E-state index contributed by atoms with van der Waals surface area (Å²) in [6.07, 6.45) is 8.09. The zero-order valence-corrected chi connectivity index (χ0v) is 20.5. The fraction of sp³-hybridized carbons (Fsp3) is 1.00. The lowest BCUT2D eigenvalue weighted by Crippen LogP contribution is -2.00. The Balaban J connectivity index is 4.97. The zero-order chi connectivity index (χ0) is 19.0. The summed E-state index contributed by atoms with van der Waals surface area (Å²) in [6.45, 7) is 10.9. The Morgan fingerprint density at radius 2 is 0.800 bits per heavy atom. The minimum Gasteiger partial charge on any atom is -0.321 e. The first-order valence-corrected chi connectivity index (χ1v) is 16.7. The lowest BCUT2D eigenvalue weighted by molar-refractivity contribution is 0.249. The van der Waals surface area contributed by atoms with E-state index in [2.05, 4.69) is 27.7 Å². The van der Waals surface area contributed by atoms with Gasteiger partial charge in [0.25, 0.3) is 11.4 Å². The Hall–Kier alpha value is 1.49. The van der Waals surface area contributed by atoms with Crippen LogP contribution in [0, 0.1) is 0 Å². The first-order chi connectivity index (χ1) is 11.9. The molecule has 0 N–H and O–H groups in total. The predicted octanol–water partition coefficient (Wildman–Crippen LogP) is 7.44. The molecule has 0 aliphatic carbocycles. The number of rotatable bonds is 18. The third-order valence-electron chi connectivity index (χ3n) is 3.19. The smallest absolute Gasteiger partial charge is 0.256 e. The van der Waals surface area contributed by atoms with E-state index in [1.807, 2.05) is 0 Å².